The number of aromatic nitrogens is 1. The molecule has 1 heterocycles. The van der Waals surface area contributed by atoms with Crippen LogP contribution in [0.5, 0.6) is 0 Å². The number of carbonyl (C=O) groups excluding carboxylic acids is 1. The van der Waals surface area contributed by atoms with Gasteiger partial charge in [-0.3, -0.25) is 4.79 Å². The number of hydrogen-bond donors (Lipinski definition) is 1. The Morgan fingerprint density at radius 3 is 2.90 bits per heavy atom. The predicted octanol–water partition coefficient (Wildman–Crippen LogP) is 3.53. The molecule has 1 aliphatic carbocycles. The molecule has 2 unspecified atom stereocenters. The highest BCUT2D eigenvalue weighted by Crippen LogP contribution is 2.30. The van der Waals surface area contributed by atoms with Gasteiger partial charge in [-0.15, -0.1) is 0 Å². The van der Waals surface area contributed by atoms with E-state index < -0.39 is 0 Å². The topological polar surface area (TPSA) is 42.0 Å². The molecule has 0 radical (unpaired) electrons. The Hall–Kier alpha value is -1.42. The summed E-state index contributed by atoms with van der Waals surface area (Å²) in [4.78, 5) is 17.1. The molecule has 0 spiro atoms. The Bertz CT molecular complexity index is 629. The summed E-state index contributed by atoms with van der Waals surface area (Å²) in [6, 6.07) is 11.6. The summed E-state index contributed by atoms with van der Waals surface area (Å²) < 4.78 is 0. The first-order valence-electron chi connectivity index (χ1n) is 7.02. The van der Waals surface area contributed by atoms with Crippen LogP contribution in [0.1, 0.15) is 29.8 Å². The lowest BCUT2D eigenvalue weighted by atomic mass is 10.1. The number of fused-ring (bicyclic) bond motifs is 1. The van der Waals surface area contributed by atoms with E-state index in [1.54, 1.807) is 6.07 Å². The predicted molar refractivity (Wildman–Crippen MR) is 84.1 cm³/mol. The van der Waals surface area contributed by atoms with Crippen LogP contribution in [0.3, 0.4) is 0 Å². The first kappa shape index (κ1) is 13.6. The highest BCUT2D eigenvalue weighted by molar-refractivity contribution is 9.09. The van der Waals surface area contributed by atoms with Crippen LogP contribution >= 0.6 is 15.9 Å². The minimum absolute atomic E-state index is 0.0812. The second kappa shape index (κ2) is 5.92. The van der Waals surface area contributed by atoms with Gasteiger partial charge in [-0.2, -0.15) is 0 Å². The second-order valence-electron chi connectivity index (χ2n) is 5.31. The van der Waals surface area contributed by atoms with Crippen LogP contribution in [0.15, 0.2) is 36.4 Å². The Kier molecular flexibility index (Phi) is 4.01. The van der Waals surface area contributed by atoms with Gasteiger partial charge in [-0.05, 0) is 30.9 Å². The third-order valence-electron chi connectivity index (χ3n) is 3.92. The molecular formula is C16H17BrN2O. The molecule has 104 valence electrons. The summed E-state index contributed by atoms with van der Waals surface area (Å²) in [5.74, 6) is 0.460. The average Bonchev–Trinajstić information content (AvgIpc) is 2.89. The summed E-state index contributed by atoms with van der Waals surface area (Å²) in [5.41, 5.74) is 1.35. The molecule has 1 saturated carbocycles. The number of rotatable bonds is 3. The Morgan fingerprint density at radius 2 is 2.10 bits per heavy atom. The summed E-state index contributed by atoms with van der Waals surface area (Å²) in [6.07, 6.45) is 3.63. The molecule has 1 N–H and O–H groups in total. The number of halogens is 1. The first-order valence-corrected chi connectivity index (χ1v) is 7.93. The summed E-state index contributed by atoms with van der Waals surface area (Å²) in [7, 11) is 0. The molecule has 1 amide bonds. The van der Waals surface area contributed by atoms with Gasteiger partial charge in [0, 0.05) is 16.8 Å². The number of alkyl halides is 1. The molecular weight excluding hydrogens is 316 g/mol. The SMILES string of the molecule is O=C(NCC1CCCC1Br)c1ccc2ccccc2n1. The van der Waals surface area contributed by atoms with Gasteiger partial charge in [-0.25, -0.2) is 4.98 Å². The van der Waals surface area contributed by atoms with Crippen LogP contribution in [-0.4, -0.2) is 22.3 Å². The smallest absolute Gasteiger partial charge is 0.269 e. The van der Waals surface area contributed by atoms with Crippen molar-refractivity contribution in [1.82, 2.24) is 10.3 Å². The van der Waals surface area contributed by atoms with E-state index in [1.807, 2.05) is 30.3 Å². The van der Waals surface area contributed by atoms with Crippen molar-refractivity contribution in [3.63, 3.8) is 0 Å². The molecule has 20 heavy (non-hydrogen) atoms. The van der Waals surface area contributed by atoms with Crippen molar-refractivity contribution in [2.24, 2.45) is 5.92 Å². The third-order valence-corrected chi connectivity index (χ3v) is 5.13. The molecule has 0 saturated heterocycles. The fourth-order valence-corrected chi connectivity index (χ4v) is 3.50. The van der Waals surface area contributed by atoms with Crippen molar-refractivity contribution in [2.75, 3.05) is 6.54 Å². The molecule has 2 aromatic rings. The number of amides is 1. The van der Waals surface area contributed by atoms with Gasteiger partial charge < -0.3 is 5.32 Å². The number of hydrogen-bond acceptors (Lipinski definition) is 2. The monoisotopic (exact) mass is 332 g/mol. The molecule has 3 nitrogen and oxygen atoms in total. The molecule has 4 heteroatoms. The zero-order valence-electron chi connectivity index (χ0n) is 11.2. The lowest BCUT2D eigenvalue weighted by Gasteiger charge is -2.14. The quantitative estimate of drug-likeness (QED) is 0.873. The van der Waals surface area contributed by atoms with Crippen molar-refractivity contribution < 1.29 is 4.79 Å². The fraction of sp³-hybridized carbons (Fsp3) is 0.375. The van der Waals surface area contributed by atoms with Crippen LogP contribution in [-0.2, 0) is 0 Å². The van der Waals surface area contributed by atoms with E-state index in [9.17, 15) is 4.79 Å². The molecule has 0 bridgehead atoms. The van der Waals surface area contributed by atoms with Gasteiger partial charge in [0.2, 0.25) is 0 Å². The van der Waals surface area contributed by atoms with Crippen LogP contribution in [0.25, 0.3) is 10.9 Å². The number of carbonyl (C=O) groups is 1. The lowest BCUT2D eigenvalue weighted by Crippen LogP contribution is -2.31. The van der Waals surface area contributed by atoms with E-state index in [1.165, 1.54) is 19.3 Å². The van der Waals surface area contributed by atoms with Crippen LogP contribution in [0, 0.1) is 5.92 Å². The maximum atomic E-state index is 12.2. The highest BCUT2D eigenvalue weighted by atomic mass is 79.9. The van der Waals surface area contributed by atoms with Crippen LogP contribution in [0.2, 0.25) is 0 Å². The third kappa shape index (κ3) is 2.85. The fourth-order valence-electron chi connectivity index (χ4n) is 2.73. The van der Waals surface area contributed by atoms with E-state index in [0.717, 1.165) is 17.4 Å². The molecule has 0 aliphatic heterocycles. The largest absolute Gasteiger partial charge is 0.350 e. The van der Waals surface area contributed by atoms with E-state index in [4.69, 9.17) is 0 Å². The number of pyridine rings is 1. The van der Waals surface area contributed by atoms with Gasteiger partial charge in [0.05, 0.1) is 5.52 Å². The van der Waals surface area contributed by atoms with Gasteiger partial charge in [-0.1, -0.05) is 46.6 Å². The average molecular weight is 333 g/mol. The van der Waals surface area contributed by atoms with E-state index >= 15 is 0 Å². The maximum absolute atomic E-state index is 12.2. The lowest BCUT2D eigenvalue weighted by molar-refractivity contribution is 0.0943. The number of nitrogens with one attached hydrogen (secondary N) is 1. The van der Waals surface area contributed by atoms with Gasteiger partial charge in [0.15, 0.2) is 0 Å². The minimum atomic E-state index is -0.0812. The number of benzene rings is 1. The molecule has 1 aliphatic rings. The van der Waals surface area contributed by atoms with E-state index in [0.29, 0.717) is 16.4 Å². The van der Waals surface area contributed by atoms with Gasteiger partial charge in [0.25, 0.3) is 5.91 Å². The summed E-state index contributed by atoms with van der Waals surface area (Å²) >= 11 is 3.68. The van der Waals surface area contributed by atoms with Crippen molar-refractivity contribution in [2.45, 2.75) is 24.1 Å². The second-order valence-corrected chi connectivity index (χ2v) is 6.48. The standard InChI is InChI=1S/C16H17BrN2O/c17-13-6-3-5-12(13)10-18-16(20)15-9-8-11-4-1-2-7-14(11)19-15/h1-2,4,7-9,12-13H,3,5-6,10H2,(H,18,20). The van der Waals surface area contributed by atoms with Crippen molar-refractivity contribution in [3.05, 3.63) is 42.1 Å². The van der Waals surface area contributed by atoms with Crippen LogP contribution < -0.4 is 5.32 Å². The number of para-hydroxylation sites is 1. The normalized spacial score (nSPS) is 22.1. The Morgan fingerprint density at radius 1 is 1.25 bits per heavy atom. The summed E-state index contributed by atoms with van der Waals surface area (Å²) in [5, 5.41) is 4.06. The zero-order chi connectivity index (χ0) is 13.9. The molecule has 3 rings (SSSR count). The molecule has 1 aromatic carbocycles. The Balaban J connectivity index is 1.69. The first-order chi connectivity index (χ1) is 9.74. The number of nitrogens with zero attached hydrogens (tertiary/aromatic N) is 1. The van der Waals surface area contributed by atoms with Crippen LogP contribution in [0.4, 0.5) is 0 Å². The Labute approximate surface area is 126 Å². The maximum Gasteiger partial charge on any atom is 0.269 e. The minimum Gasteiger partial charge on any atom is -0.350 e. The van der Waals surface area contributed by atoms with Crippen molar-refractivity contribution >= 4 is 32.7 Å². The highest BCUT2D eigenvalue weighted by Gasteiger charge is 2.25. The van der Waals surface area contributed by atoms with E-state index in [2.05, 4.69) is 26.2 Å². The van der Waals surface area contributed by atoms with Crippen molar-refractivity contribution in [3.8, 4) is 0 Å². The summed E-state index contributed by atoms with van der Waals surface area (Å²) in [6.45, 7) is 0.725. The molecule has 2 atom stereocenters. The van der Waals surface area contributed by atoms with Gasteiger partial charge >= 0.3 is 0 Å². The van der Waals surface area contributed by atoms with Crippen molar-refractivity contribution in [1.29, 1.82) is 0 Å². The van der Waals surface area contributed by atoms with E-state index in [-0.39, 0.29) is 5.91 Å². The zero-order valence-corrected chi connectivity index (χ0v) is 12.8. The molecule has 1 aromatic heterocycles. The van der Waals surface area contributed by atoms with Gasteiger partial charge in [0.1, 0.15) is 5.69 Å². The molecule has 1 fully saturated rings.